The number of benzene rings is 1. The van der Waals surface area contributed by atoms with Gasteiger partial charge in [-0.2, -0.15) is 0 Å². The lowest BCUT2D eigenvalue weighted by atomic mass is 10.2. The molecule has 0 aliphatic heterocycles. The molecule has 0 spiro atoms. The first-order valence-corrected chi connectivity index (χ1v) is 7.61. The molecule has 108 valence electrons. The molecule has 1 atom stereocenters. The van der Waals surface area contributed by atoms with E-state index in [0.717, 1.165) is 22.0 Å². The summed E-state index contributed by atoms with van der Waals surface area (Å²) in [6, 6.07) is 12.0. The van der Waals surface area contributed by atoms with Crippen LogP contribution >= 0.6 is 22.9 Å². The van der Waals surface area contributed by atoms with Crippen molar-refractivity contribution in [2.24, 2.45) is 0 Å². The summed E-state index contributed by atoms with van der Waals surface area (Å²) in [5, 5.41) is 13.5. The number of halogens is 1. The Balaban J connectivity index is 1.91. The summed E-state index contributed by atoms with van der Waals surface area (Å²) in [6.45, 7) is 1.60. The summed E-state index contributed by atoms with van der Waals surface area (Å²) in [5.41, 5.74) is 1.06. The summed E-state index contributed by atoms with van der Waals surface area (Å²) < 4.78 is 4.88. The Bertz CT molecular complexity index is 544. The molecule has 20 heavy (non-hydrogen) atoms. The van der Waals surface area contributed by atoms with Crippen LogP contribution in [-0.4, -0.2) is 31.5 Å². The van der Waals surface area contributed by atoms with Gasteiger partial charge in [0.15, 0.2) is 0 Å². The molecule has 0 amide bonds. The minimum Gasteiger partial charge on any atom is -0.389 e. The van der Waals surface area contributed by atoms with Crippen LogP contribution in [0.3, 0.4) is 0 Å². The second kappa shape index (κ2) is 7.76. The highest BCUT2D eigenvalue weighted by molar-refractivity contribution is 7.15. The predicted molar refractivity (Wildman–Crippen MR) is 84.4 cm³/mol. The van der Waals surface area contributed by atoms with Crippen LogP contribution in [0.25, 0.3) is 10.4 Å². The van der Waals surface area contributed by atoms with Crippen LogP contribution in [0, 0.1) is 0 Å². The molecule has 2 N–H and O–H groups in total. The molecule has 0 aliphatic rings. The lowest BCUT2D eigenvalue weighted by Gasteiger charge is -2.09. The van der Waals surface area contributed by atoms with E-state index in [1.807, 2.05) is 24.3 Å². The van der Waals surface area contributed by atoms with E-state index in [0.29, 0.717) is 13.2 Å². The second-order valence-corrected chi connectivity index (χ2v) is 6.06. The van der Waals surface area contributed by atoms with Crippen LogP contribution in [0.15, 0.2) is 36.4 Å². The molecule has 0 fully saturated rings. The van der Waals surface area contributed by atoms with Gasteiger partial charge in [0.05, 0.1) is 12.7 Å². The summed E-state index contributed by atoms with van der Waals surface area (Å²) >= 11 is 7.90. The first-order chi connectivity index (χ1) is 9.70. The summed E-state index contributed by atoms with van der Waals surface area (Å²) in [7, 11) is 1.58. The van der Waals surface area contributed by atoms with Crippen LogP contribution < -0.4 is 5.32 Å². The maximum absolute atomic E-state index is 9.55. The lowest BCUT2D eigenvalue weighted by molar-refractivity contribution is 0.0644. The Morgan fingerprint density at radius 3 is 2.85 bits per heavy atom. The first-order valence-electron chi connectivity index (χ1n) is 6.42. The molecule has 1 heterocycles. The molecule has 0 saturated carbocycles. The van der Waals surface area contributed by atoms with E-state index in [1.165, 1.54) is 4.88 Å². The van der Waals surface area contributed by atoms with Crippen molar-refractivity contribution in [3.05, 3.63) is 46.3 Å². The zero-order valence-electron chi connectivity index (χ0n) is 11.3. The van der Waals surface area contributed by atoms with Crippen molar-refractivity contribution in [1.82, 2.24) is 5.32 Å². The highest BCUT2D eigenvalue weighted by Gasteiger charge is 2.07. The van der Waals surface area contributed by atoms with Gasteiger partial charge in [0.25, 0.3) is 0 Å². The molecule has 0 radical (unpaired) electrons. The minimum atomic E-state index is -0.469. The Hall–Kier alpha value is -0.910. The first kappa shape index (κ1) is 15.5. The van der Waals surface area contributed by atoms with Gasteiger partial charge in [-0.1, -0.05) is 29.8 Å². The molecule has 1 aromatic carbocycles. The van der Waals surface area contributed by atoms with Crippen molar-refractivity contribution in [2.75, 3.05) is 20.3 Å². The SMILES string of the molecule is COCC(O)CNCc1ccc(-c2ccccc2Cl)s1. The average molecular weight is 312 g/mol. The van der Waals surface area contributed by atoms with E-state index in [-0.39, 0.29) is 0 Å². The number of aliphatic hydroxyl groups is 1. The maximum Gasteiger partial charge on any atom is 0.0897 e. The number of nitrogens with one attached hydrogen (secondary N) is 1. The number of aliphatic hydroxyl groups excluding tert-OH is 1. The number of rotatable bonds is 7. The van der Waals surface area contributed by atoms with Crippen LogP contribution in [0.2, 0.25) is 5.02 Å². The number of hydrogen-bond donors (Lipinski definition) is 2. The van der Waals surface area contributed by atoms with Gasteiger partial charge in [0, 0.05) is 40.5 Å². The Morgan fingerprint density at radius 2 is 2.10 bits per heavy atom. The van der Waals surface area contributed by atoms with Gasteiger partial charge < -0.3 is 15.2 Å². The molecule has 0 saturated heterocycles. The van der Waals surface area contributed by atoms with Crippen molar-refractivity contribution in [3.63, 3.8) is 0 Å². The Labute approximate surface area is 128 Å². The standard InChI is InChI=1S/C15H18ClNO2S/c1-19-10-11(18)8-17-9-12-6-7-15(20-12)13-4-2-3-5-14(13)16/h2-7,11,17-18H,8-10H2,1H3. The largest absolute Gasteiger partial charge is 0.389 e. The molecule has 0 bridgehead atoms. The van der Waals surface area contributed by atoms with Gasteiger partial charge in [-0.3, -0.25) is 0 Å². The van der Waals surface area contributed by atoms with Crippen LogP contribution in [0.5, 0.6) is 0 Å². The summed E-state index contributed by atoms with van der Waals surface area (Å²) in [4.78, 5) is 2.37. The number of methoxy groups -OCH3 is 1. The molecule has 0 aliphatic carbocycles. The van der Waals surface area contributed by atoms with E-state index in [1.54, 1.807) is 18.4 Å². The fraction of sp³-hybridized carbons (Fsp3) is 0.333. The molecular weight excluding hydrogens is 294 g/mol. The second-order valence-electron chi connectivity index (χ2n) is 4.49. The van der Waals surface area contributed by atoms with Crippen molar-refractivity contribution in [3.8, 4) is 10.4 Å². The van der Waals surface area contributed by atoms with E-state index in [2.05, 4.69) is 17.4 Å². The van der Waals surface area contributed by atoms with E-state index in [4.69, 9.17) is 16.3 Å². The summed E-state index contributed by atoms with van der Waals surface area (Å²) in [6.07, 6.45) is -0.469. The number of hydrogen-bond acceptors (Lipinski definition) is 4. The fourth-order valence-electron chi connectivity index (χ4n) is 1.89. The number of ether oxygens (including phenoxy) is 1. The zero-order chi connectivity index (χ0) is 14.4. The van der Waals surface area contributed by atoms with Crippen molar-refractivity contribution in [1.29, 1.82) is 0 Å². The van der Waals surface area contributed by atoms with Crippen molar-refractivity contribution < 1.29 is 9.84 Å². The highest BCUT2D eigenvalue weighted by atomic mass is 35.5. The minimum absolute atomic E-state index is 0.350. The highest BCUT2D eigenvalue weighted by Crippen LogP contribution is 2.33. The van der Waals surface area contributed by atoms with Gasteiger partial charge in [-0.25, -0.2) is 0 Å². The molecule has 1 unspecified atom stereocenters. The van der Waals surface area contributed by atoms with Gasteiger partial charge >= 0.3 is 0 Å². The Morgan fingerprint density at radius 1 is 1.30 bits per heavy atom. The quantitative estimate of drug-likeness (QED) is 0.825. The van der Waals surface area contributed by atoms with Crippen LogP contribution in [-0.2, 0) is 11.3 Å². The third-order valence-corrected chi connectivity index (χ3v) is 4.29. The van der Waals surface area contributed by atoms with E-state index < -0.39 is 6.10 Å². The van der Waals surface area contributed by atoms with Gasteiger partial charge in [0.2, 0.25) is 0 Å². The molecular formula is C15H18ClNO2S. The van der Waals surface area contributed by atoms with Gasteiger partial charge in [-0.15, -0.1) is 11.3 Å². The molecule has 2 aromatic rings. The zero-order valence-corrected chi connectivity index (χ0v) is 12.9. The van der Waals surface area contributed by atoms with Gasteiger partial charge in [-0.05, 0) is 18.2 Å². The third-order valence-electron chi connectivity index (χ3n) is 2.84. The van der Waals surface area contributed by atoms with Crippen molar-refractivity contribution >= 4 is 22.9 Å². The molecule has 1 aromatic heterocycles. The van der Waals surface area contributed by atoms with Crippen molar-refractivity contribution in [2.45, 2.75) is 12.6 Å². The lowest BCUT2D eigenvalue weighted by Crippen LogP contribution is -2.29. The smallest absolute Gasteiger partial charge is 0.0897 e. The van der Waals surface area contributed by atoms with Gasteiger partial charge in [0.1, 0.15) is 0 Å². The Kier molecular flexibility index (Phi) is 6.01. The normalized spacial score (nSPS) is 12.6. The average Bonchev–Trinajstić information content (AvgIpc) is 2.88. The molecule has 3 nitrogen and oxygen atoms in total. The monoisotopic (exact) mass is 311 g/mol. The van der Waals surface area contributed by atoms with E-state index in [9.17, 15) is 5.11 Å². The maximum atomic E-state index is 9.55. The third kappa shape index (κ3) is 4.30. The molecule has 5 heteroatoms. The number of thiophene rings is 1. The fourth-order valence-corrected chi connectivity index (χ4v) is 3.20. The predicted octanol–water partition coefficient (Wildman–Crippen LogP) is 3.17. The topological polar surface area (TPSA) is 41.5 Å². The van der Waals surface area contributed by atoms with Crippen LogP contribution in [0.1, 0.15) is 4.88 Å². The van der Waals surface area contributed by atoms with E-state index >= 15 is 0 Å². The van der Waals surface area contributed by atoms with Crippen LogP contribution in [0.4, 0.5) is 0 Å². The molecule has 2 rings (SSSR count). The summed E-state index contributed by atoms with van der Waals surface area (Å²) in [5.74, 6) is 0.